The second-order valence-corrected chi connectivity index (χ2v) is 5.61. The van der Waals surface area contributed by atoms with Crippen LogP contribution >= 0.6 is 11.6 Å². The van der Waals surface area contributed by atoms with Crippen molar-refractivity contribution >= 4 is 27.9 Å². The number of carbonyl (C=O) groups is 1. The summed E-state index contributed by atoms with van der Waals surface area (Å²) in [7, 11) is 0. The van der Waals surface area contributed by atoms with Crippen LogP contribution in [0.2, 0.25) is 0 Å². The number of benzene rings is 2. The molecule has 106 valence electrons. The quantitative estimate of drug-likeness (QED) is 0.578. The van der Waals surface area contributed by atoms with Gasteiger partial charge in [-0.3, -0.25) is 4.79 Å². The second-order valence-electron chi connectivity index (χ2n) is 5.27. The van der Waals surface area contributed by atoms with Crippen molar-refractivity contribution in [2.24, 2.45) is 0 Å². The van der Waals surface area contributed by atoms with Gasteiger partial charge in [-0.2, -0.15) is 0 Å². The maximum atomic E-state index is 11.2. The van der Waals surface area contributed by atoms with Gasteiger partial charge in [0.1, 0.15) is 22.5 Å². The lowest BCUT2D eigenvalue weighted by Gasteiger charge is -2.03. The molecule has 0 saturated carbocycles. The Kier molecular flexibility index (Phi) is 2.25. The number of aryl methyl sites for hydroxylation is 2. The minimum absolute atomic E-state index is 0.229. The molecule has 5 nitrogen and oxygen atoms in total. The fourth-order valence-corrected chi connectivity index (χ4v) is 2.73. The first-order valence-corrected chi connectivity index (χ1v) is 6.91. The molecular weight excluding hydrogens is 290 g/mol. The number of nitrogens with zero attached hydrogens (tertiary/aromatic N) is 3. The lowest BCUT2D eigenvalue weighted by Crippen LogP contribution is -1.94. The smallest absolute Gasteiger partial charge is 0.252 e. The van der Waals surface area contributed by atoms with Gasteiger partial charge >= 0.3 is 0 Å². The molecule has 0 amide bonds. The number of halogens is 1. The molecule has 1 N–H and O–H groups in total. The summed E-state index contributed by atoms with van der Waals surface area (Å²) in [5, 5.41) is 9.67. The molecule has 2 aromatic heterocycles. The highest BCUT2D eigenvalue weighted by Gasteiger charge is 2.26. The minimum Gasteiger partial charge on any atom is -0.506 e. The van der Waals surface area contributed by atoms with Crippen molar-refractivity contribution in [3.05, 3.63) is 47.0 Å². The number of aromatic nitrogens is 3. The van der Waals surface area contributed by atoms with E-state index in [1.807, 2.05) is 40.0 Å². The number of hydrogen-bond acceptors (Lipinski definition) is 2. The third-order valence-electron chi connectivity index (χ3n) is 3.95. The zero-order chi connectivity index (χ0) is 14.9. The molecule has 21 heavy (non-hydrogen) atoms. The van der Waals surface area contributed by atoms with E-state index in [4.69, 9.17) is 11.6 Å². The molecule has 0 spiro atoms. The Hall–Kier alpha value is -2.40. The van der Waals surface area contributed by atoms with E-state index in [9.17, 15) is 9.90 Å². The number of phenols is 1. The Morgan fingerprint density at radius 3 is 2.43 bits per heavy atom. The molecule has 0 aliphatic rings. The van der Waals surface area contributed by atoms with Gasteiger partial charge in [-0.05, 0) is 66.9 Å². The second kappa shape index (κ2) is 3.83. The molecule has 2 heterocycles. The SMILES string of the molecule is Cc1cc(O)c(-n2n3c4ccc(C(=O)Cl)cc4n23)cc1C. The van der Waals surface area contributed by atoms with Gasteiger partial charge in [0.05, 0.1) is 0 Å². The van der Waals surface area contributed by atoms with Crippen LogP contribution in [0.25, 0.3) is 16.7 Å². The Bertz CT molecular complexity index is 1010. The van der Waals surface area contributed by atoms with Crippen LogP contribution in [0, 0.1) is 13.8 Å². The lowest BCUT2D eigenvalue weighted by atomic mass is 10.1. The fraction of sp³-hybridized carbons (Fsp3) is 0.133. The molecule has 0 atom stereocenters. The Morgan fingerprint density at radius 2 is 1.71 bits per heavy atom. The number of rotatable bonds is 2. The van der Waals surface area contributed by atoms with Gasteiger partial charge in [-0.25, -0.2) is 0 Å². The van der Waals surface area contributed by atoms with E-state index >= 15 is 0 Å². The first kappa shape index (κ1) is 12.3. The summed E-state index contributed by atoms with van der Waals surface area (Å²) in [6.45, 7) is 3.97. The highest BCUT2D eigenvalue weighted by molar-refractivity contribution is 6.67. The van der Waals surface area contributed by atoms with Crippen molar-refractivity contribution in [1.29, 1.82) is 0 Å². The van der Waals surface area contributed by atoms with Crippen LogP contribution in [0.4, 0.5) is 0 Å². The summed E-state index contributed by atoms with van der Waals surface area (Å²) in [6, 6.07) is 8.99. The molecule has 0 radical (unpaired) electrons. The van der Waals surface area contributed by atoms with Crippen molar-refractivity contribution in [3.8, 4) is 11.4 Å². The molecule has 0 unspecified atom stereocenters. The lowest BCUT2D eigenvalue weighted by molar-refractivity contribution is 0.108. The van der Waals surface area contributed by atoms with E-state index < -0.39 is 5.24 Å². The van der Waals surface area contributed by atoms with Gasteiger partial charge < -0.3 is 5.11 Å². The Morgan fingerprint density at radius 1 is 1.05 bits per heavy atom. The van der Waals surface area contributed by atoms with Crippen LogP contribution in [0.3, 0.4) is 0 Å². The van der Waals surface area contributed by atoms with Crippen LogP contribution in [0.15, 0.2) is 30.3 Å². The van der Waals surface area contributed by atoms with Gasteiger partial charge in [0, 0.05) is 5.56 Å². The van der Waals surface area contributed by atoms with E-state index in [0.29, 0.717) is 11.3 Å². The maximum Gasteiger partial charge on any atom is 0.252 e. The summed E-state index contributed by atoms with van der Waals surface area (Å²) in [4.78, 5) is 13.1. The van der Waals surface area contributed by atoms with E-state index in [2.05, 4.69) is 0 Å². The number of hydrogen-bond donors (Lipinski definition) is 1. The molecule has 6 heteroatoms. The third-order valence-corrected chi connectivity index (χ3v) is 4.17. The van der Waals surface area contributed by atoms with Gasteiger partial charge in [-0.15, -0.1) is 14.1 Å². The van der Waals surface area contributed by atoms with Crippen LogP contribution in [-0.2, 0) is 0 Å². The topological polar surface area (TPSA) is 51.0 Å². The highest BCUT2D eigenvalue weighted by atomic mass is 35.5. The largest absolute Gasteiger partial charge is 0.506 e. The summed E-state index contributed by atoms with van der Waals surface area (Å²) in [5.74, 6) is 0.229. The minimum atomic E-state index is -0.473. The average molecular weight is 302 g/mol. The van der Waals surface area contributed by atoms with E-state index in [1.165, 1.54) is 0 Å². The molecule has 0 fully saturated rings. The monoisotopic (exact) mass is 301 g/mol. The Balaban J connectivity index is 1.91. The van der Waals surface area contributed by atoms with E-state index in [-0.39, 0.29) is 5.75 Å². The summed E-state index contributed by atoms with van der Waals surface area (Å²) < 4.78 is 3.80. The number of aromatic hydroxyl groups is 1. The zero-order valence-corrected chi connectivity index (χ0v) is 12.2. The van der Waals surface area contributed by atoms with Crippen molar-refractivity contribution in [1.82, 2.24) is 14.1 Å². The molecule has 4 rings (SSSR count). The Labute approximate surface area is 124 Å². The average Bonchev–Trinajstić information content (AvgIpc) is 3.08. The maximum absolute atomic E-state index is 11.2. The molecule has 4 aromatic rings. The van der Waals surface area contributed by atoms with Gasteiger partial charge in [-0.1, -0.05) is 0 Å². The standard InChI is InChI=1S/C15H12ClN3O2/c1-8-5-13(14(20)6-9(8)2)19-17-11-4-3-10(15(16)21)7-12(11)18(17)19/h3-7,20H,1-2H3. The number of phenolic OH excluding ortho intramolecular Hbond substituents is 1. The van der Waals surface area contributed by atoms with Crippen molar-refractivity contribution < 1.29 is 9.90 Å². The van der Waals surface area contributed by atoms with E-state index in [1.54, 1.807) is 18.2 Å². The third kappa shape index (κ3) is 1.55. The van der Waals surface area contributed by atoms with Crippen LogP contribution in [0.1, 0.15) is 21.5 Å². The summed E-state index contributed by atoms with van der Waals surface area (Å²) >= 11 is 5.51. The van der Waals surface area contributed by atoms with Gasteiger partial charge in [0.15, 0.2) is 0 Å². The zero-order valence-electron chi connectivity index (χ0n) is 11.5. The summed E-state index contributed by atoms with van der Waals surface area (Å²) in [5.41, 5.74) is 5.22. The number of carbonyl (C=O) groups excluding carboxylic acids is 1. The normalized spacial score (nSPS) is 12.0. The van der Waals surface area contributed by atoms with Crippen LogP contribution in [0.5, 0.6) is 5.75 Å². The fourth-order valence-electron chi connectivity index (χ4n) is 2.62. The first-order chi connectivity index (χ1) is 9.99. The predicted molar refractivity (Wildman–Crippen MR) is 80.2 cm³/mol. The van der Waals surface area contributed by atoms with Crippen molar-refractivity contribution in [3.63, 3.8) is 0 Å². The van der Waals surface area contributed by atoms with Crippen LogP contribution < -0.4 is 0 Å². The molecular formula is C15H12ClN3O2. The highest BCUT2D eigenvalue weighted by Crippen LogP contribution is 2.32. The first-order valence-electron chi connectivity index (χ1n) is 6.53. The van der Waals surface area contributed by atoms with Gasteiger partial charge in [0.25, 0.3) is 5.24 Å². The van der Waals surface area contributed by atoms with Crippen molar-refractivity contribution in [2.45, 2.75) is 13.8 Å². The molecule has 0 saturated heterocycles. The molecule has 0 aliphatic carbocycles. The van der Waals surface area contributed by atoms with Gasteiger partial charge in [0.2, 0.25) is 0 Å². The van der Waals surface area contributed by atoms with Crippen molar-refractivity contribution in [2.75, 3.05) is 0 Å². The summed E-state index contributed by atoms with van der Waals surface area (Å²) in [6.07, 6.45) is 0. The molecule has 2 aromatic carbocycles. The predicted octanol–water partition coefficient (Wildman–Crippen LogP) is 3.12. The molecule has 0 aliphatic heterocycles. The van der Waals surface area contributed by atoms with E-state index in [0.717, 1.165) is 22.2 Å². The molecule has 0 bridgehead atoms. The van der Waals surface area contributed by atoms with Crippen LogP contribution in [-0.4, -0.2) is 24.4 Å². The number of fused-ring (bicyclic) bond motifs is 4.